The zero-order valence-electron chi connectivity index (χ0n) is 16.2. The molecule has 3 aromatic rings. The van der Waals surface area contributed by atoms with Gasteiger partial charge < -0.3 is 9.73 Å². The van der Waals surface area contributed by atoms with Crippen molar-refractivity contribution >= 4 is 11.7 Å². The van der Waals surface area contributed by atoms with E-state index >= 15 is 0 Å². The molecule has 1 amide bonds. The molecular weight excluding hydrogens is 354 g/mol. The fraction of sp³-hybridized carbons (Fsp3) is 0.318. The predicted molar refractivity (Wildman–Crippen MR) is 104 cm³/mol. The lowest BCUT2D eigenvalue weighted by molar-refractivity contribution is -0.118. The minimum atomic E-state index is -0.666. The van der Waals surface area contributed by atoms with Gasteiger partial charge in [0.05, 0.1) is 29.9 Å². The number of carbonyl (C=O) groups is 2. The summed E-state index contributed by atoms with van der Waals surface area (Å²) in [7, 11) is 0. The summed E-state index contributed by atoms with van der Waals surface area (Å²) in [4.78, 5) is 24.8. The molecule has 0 spiro atoms. The second-order valence-electron chi connectivity index (χ2n) is 8.17. The molecule has 1 atom stereocenters. The van der Waals surface area contributed by atoms with Gasteiger partial charge in [-0.1, -0.05) is 31.5 Å². The molecule has 4 rings (SSSR count). The minimum Gasteiger partial charge on any atom is -0.461 e. The number of rotatable bonds is 4. The molecule has 6 nitrogen and oxygen atoms in total. The van der Waals surface area contributed by atoms with E-state index in [1.54, 1.807) is 12.3 Å². The third-order valence-electron chi connectivity index (χ3n) is 5.21. The molecule has 0 saturated heterocycles. The molecule has 0 saturated carbocycles. The number of aryl methyl sites for hydroxylation is 1. The molecule has 28 heavy (non-hydrogen) atoms. The van der Waals surface area contributed by atoms with Crippen molar-refractivity contribution in [2.75, 3.05) is 0 Å². The Balaban J connectivity index is 1.65. The largest absolute Gasteiger partial charge is 0.461 e. The molecule has 1 N–H and O–H groups in total. The Kier molecular flexibility index (Phi) is 4.41. The van der Waals surface area contributed by atoms with Crippen LogP contribution in [0.1, 0.15) is 53.7 Å². The van der Waals surface area contributed by atoms with E-state index < -0.39 is 11.7 Å². The number of nitrogens with one attached hydrogen (secondary N) is 1. The quantitative estimate of drug-likeness (QED) is 0.554. The first kappa shape index (κ1) is 18.2. The maximum Gasteiger partial charge on any atom is 0.296 e. The topological polar surface area (TPSA) is 77.1 Å². The second-order valence-corrected chi connectivity index (χ2v) is 8.17. The zero-order valence-corrected chi connectivity index (χ0v) is 16.2. The Morgan fingerprint density at radius 1 is 1.21 bits per heavy atom. The van der Waals surface area contributed by atoms with Crippen LogP contribution < -0.4 is 5.32 Å². The van der Waals surface area contributed by atoms with Crippen LogP contribution in [0, 0.1) is 12.3 Å². The van der Waals surface area contributed by atoms with Crippen molar-refractivity contribution in [1.29, 1.82) is 0 Å². The Morgan fingerprint density at radius 2 is 1.96 bits per heavy atom. The van der Waals surface area contributed by atoms with Gasteiger partial charge >= 0.3 is 0 Å². The lowest BCUT2D eigenvalue weighted by Crippen LogP contribution is -2.39. The van der Waals surface area contributed by atoms with E-state index in [-0.39, 0.29) is 17.2 Å². The van der Waals surface area contributed by atoms with E-state index in [0.29, 0.717) is 0 Å². The Labute approximate surface area is 163 Å². The van der Waals surface area contributed by atoms with Crippen molar-refractivity contribution in [1.82, 2.24) is 15.1 Å². The van der Waals surface area contributed by atoms with E-state index in [9.17, 15) is 9.59 Å². The summed E-state index contributed by atoms with van der Waals surface area (Å²) in [5, 5.41) is 7.47. The van der Waals surface area contributed by atoms with Crippen LogP contribution in [0.15, 0.2) is 53.3 Å². The number of hydrogen-bond donors (Lipinski definition) is 1. The van der Waals surface area contributed by atoms with E-state index in [1.165, 1.54) is 17.9 Å². The minimum absolute atomic E-state index is 0.0405. The summed E-state index contributed by atoms with van der Waals surface area (Å²) in [5.74, 6) is -1.28. The standard InChI is InChI=1S/C22H23N3O3/c1-14-6-8-15(9-7-14)25-18-12-22(2,3)11-17(16(18)13-23-25)24-21(27)20(26)19-5-4-10-28-19/h4-10,13,17H,11-12H2,1-3H3,(H,24,27). The molecule has 0 bridgehead atoms. The molecule has 0 aliphatic heterocycles. The van der Waals surface area contributed by atoms with Crippen LogP contribution in [0.3, 0.4) is 0 Å². The highest BCUT2D eigenvalue weighted by molar-refractivity contribution is 6.42. The lowest BCUT2D eigenvalue weighted by atomic mass is 9.74. The maximum atomic E-state index is 12.5. The van der Waals surface area contributed by atoms with Crippen molar-refractivity contribution in [2.24, 2.45) is 5.41 Å². The SMILES string of the molecule is Cc1ccc(-n2ncc3c2CC(C)(C)CC3NC(=O)C(=O)c2ccco2)cc1. The fourth-order valence-electron chi connectivity index (χ4n) is 3.82. The normalized spacial score (nSPS) is 17.8. The highest BCUT2D eigenvalue weighted by atomic mass is 16.3. The summed E-state index contributed by atoms with van der Waals surface area (Å²) in [6, 6.07) is 11.0. The predicted octanol–water partition coefficient (Wildman–Crippen LogP) is 3.79. The van der Waals surface area contributed by atoms with Gasteiger partial charge in [-0.25, -0.2) is 4.68 Å². The van der Waals surface area contributed by atoms with Gasteiger partial charge in [-0.15, -0.1) is 0 Å². The van der Waals surface area contributed by atoms with Crippen LogP contribution in [0.2, 0.25) is 0 Å². The van der Waals surface area contributed by atoms with Gasteiger partial charge in [-0.3, -0.25) is 9.59 Å². The molecule has 0 radical (unpaired) electrons. The number of ketones is 1. The maximum absolute atomic E-state index is 12.5. The van der Waals surface area contributed by atoms with Gasteiger partial charge in [0.1, 0.15) is 0 Å². The molecule has 6 heteroatoms. The van der Waals surface area contributed by atoms with E-state index in [0.717, 1.165) is 29.8 Å². The number of aromatic nitrogens is 2. The summed E-state index contributed by atoms with van der Waals surface area (Å²) < 4.78 is 6.99. The van der Waals surface area contributed by atoms with Crippen molar-refractivity contribution in [3.05, 3.63) is 71.4 Å². The first-order chi connectivity index (χ1) is 13.3. The zero-order chi connectivity index (χ0) is 19.9. The average Bonchev–Trinajstić information content (AvgIpc) is 3.31. The molecule has 1 aromatic carbocycles. The number of amides is 1. The third-order valence-corrected chi connectivity index (χ3v) is 5.21. The Morgan fingerprint density at radius 3 is 2.64 bits per heavy atom. The molecule has 0 fully saturated rings. The molecule has 1 aliphatic rings. The van der Waals surface area contributed by atoms with Gasteiger partial charge in [0.15, 0.2) is 5.76 Å². The smallest absolute Gasteiger partial charge is 0.296 e. The number of nitrogens with zero attached hydrogens (tertiary/aromatic N) is 2. The van der Waals surface area contributed by atoms with Crippen LogP contribution in [-0.2, 0) is 11.2 Å². The van der Waals surface area contributed by atoms with Gasteiger partial charge in [-0.2, -0.15) is 5.10 Å². The van der Waals surface area contributed by atoms with Gasteiger partial charge in [-0.05, 0) is 49.4 Å². The summed E-state index contributed by atoms with van der Waals surface area (Å²) in [6.07, 6.45) is 4.76. The number of benzene rings is 1. The molecule has 2 heterocycles. The third kappa shape index (κ3) is 3.38. The second kappa shape index (κ2) is 6.78. The number of fused-ring (bicyclic) bond motifs is 1. The molecular formula is C22H23N3O3. The lowest BCUT2D eigenvalue weighted by Gasteiger charge is -2.35. The number of carbonyl (C=O) groups excluding carboxylic acids is 2. The van der Waals surface area contributed by atoms with Crippen molar-refractivity contribution < 1.29 is 14.0 Å². The fourth-order valence-corrected chi connectivity index (χ4v) is 3.82. The number of furan rings is 1. The molecule has 144 valence electrons. The van der Waals surface area contributed by atoms with Crippen LogP contribution in [0.5, 0.6) is 0 Å². The number of hydrogen-bond acceptors (Lipinski definition) is 4. The van der Waals surface area contributed by atoms with Gasteiger partial charge in [0, 0.05) is 5.56 Å². The summed E-state index contributed by atoms with van der Waals surface area (Å²) in [6.45, 7) is 6.37. The van der Waals surface area contributed by atoms with E-state index in [1.807, 2.05) is 23.7 Å². The van der Waals surface area contributed by atoms with Crippen molar-refractivity contribution in [3.63, 3.8) is 0 Å². The van der Waals surface area contributed by atoms with Crippen LogP contribution in [0.4, 0.5) is 0 Å². The Bertz CT molecular complexity index is 1010. The van der Waals surface area contributed by atoms with Crippen LogP contribution >= 0.6 is 0 Å². The molecule has 1 unspecified atom stereocenters. The van der Waals surface area contributed by atoms with Crippen LogP contribution in [0.25, 0.3) is 5.69 Å². The Hall–Kier alpha value is -3.15. The highest BCUT2D eigenvalue weighted by Gasteiger charge is 2.37. The van der Waals surface area contributed by atoms with E-state index in [4.69, 9.17) is 4.42 Å². The molecule has 2 aromatic heterocycles. The first-order valence-corrected chi connectivity index (χ1v) is 9.37. The first-order valence-electron chi connectivity index (χ1n) is 9.37. The van der Waals surface area contributed by atoms with Crippen molar-refractivity contribution in [2.45, 2.75) is 39.7 Å². The monoisotopic (exact) mass is 377 g/mol. The van der Waals surface area contributed by atoms with Gasteiger partial charge in [0.25, 0.3) is 11.7 Å². The highest BCUT2D eigenvalue weighted by Crippen LogP contribution is 2.41. The van der Waals surface area contributed by atoms with E-state index in [2.05, 4.69) is 36.4 Å². The molecule has 1 aliphatic carbocycles. The van der Waals surface area contributed by atoms with Crippen molar-refractivity contribution in [3.8, 4) is 5.69 Å². The summed E-state index contributed by atoms with van der Waals surface area (Å²) >= 11 is 0. The van der Waals surface area contributed by atoms with Gasteiger partial charge in [0.2, 0.25) is 0 Å². The van der Waals surface area contributed by atoms with Crippen LogP contribution in [-0.4, -0.2) is 21.5 Å². The average molecular weight is 377 g/mol. The number of Topliss-reactive ketones (excluding diaryl/α,β-unsaturated/α-hetero) is 1. The summed E-state index contributed by atoms with van der Waals surface area (Å²) in [5.41, 5.74) is 4.16.